The number of halogens is 1. The predicted octanol–water partition coefficient (Wildman–Crippen LogP) is 6.04. The molecule has 0 fully saturated rings. The molecule has 0 saturated heterocycles. The van der Waals surface area contributed by atoms with E-state index in [9.17, 15) is 9.59 Å². The smallest absolute Gasteiger partial charge is 0.272 e. The van der Waals surface area contributed by atoms with Crippen LogP contribution < -0.4 is 9.64 Å². The van der Waals surface area contributed by atoms with Crippen molar-refractivity contribution in [3.05, 3.63) is 93.3 Å². The molecule has 0 atom stereocenters. The average Bonchev–Trinajstić information content (AvgIpc) is 3.00. The molecular formula is C25H20ClNO3S. The topological polar surface area (TPSA) is 46.6 Å². The van der Waals surface area contributed by atoms with Crippen LogP contribution in [-0.4, -0.2) is 18.9 Å². The number of ether oxygens (including phenoxy) is 1. The third kappa shape index (κ3) is 3.99. The van der Waals surface area contributed by atoms with Crippen molar-refractivity contribution in [2.24, 2.45) is 0 Å². The van der Waals surface area contributed by atoms with E-state index in [1.165, 1.54) is 16.7 Å². The summed E-state index contributed by atoms with van der Waals surface area (Å²) in [6.07, 6.45) is 0. The summed E-state index contributed by atoms with van der Waals surface area (Å²) in [5, 5.41) is 0.606. The van der Waals surface area contributed by atoms with Crippen LogP contribution in [-0.2, 0) is 9.59 Å². The fraction of sp³-hybridized carbons (Fsp3) is 0.120. The minimum absolute atomic E-state index is 0.336. The second-order valence-corrected chi connectivity index (χ2v) is 8.72. The number of aryl methyl sites for hydroxylation is 2. The number of carbonyl (C=O) groups excluding carboxylic acids is 2. The van der Waals surface area contributed by atoms with Gasteiger partial charge in [0, 0.05) is 15.5 Å². The molecule has 0 radical (unpaired) electrons. The molecule has 1 aliphatic heterocycles. The number of para-hydroxylation sites is 1. The van der Waals surface area contributed by atoms with Crippen LogP contribution in [0.15, 0.2) is 76.5 Å². The zero-order valence-electron chi connectivity index (χ0n) is 17.3. The van der Waals surface area contributed by atoms with Crippen LogP contribution in [0.25, 0.3) is 5.57 Å². The Kier molecular flexibility index (Phi) is 5.90. The highest BCUT2D eigenvalue weighted by Crippen LogP contribution is 2.44. The van der Waals surface area contributed by atoms with Gasteiger partial charge in [0.05, 0.1) is 23.3 Å². The number of imide groups is 1. The van der Waals surface area contributed by atoms with Gasteiger partial charge >= 0.3 is 0 Å². The number of methoxy groups -OCH3 is 1. The average molecular weight is 450 g/mol. The Bertz CT molecular complexity index is 1220. The highest BCUT2D eigenvalue weighted by atomic mass is 35.5. The normalized spacial score (nSPS) is 13.9. The Hall–Kier alpha value is -3.02. The molecule has 1 heterocycles. The Balaban J connectivity index is 1.88. The summed E-state index contributed by atoms with van der Waals surface area (Å²) < 4.78 is 5.50. The minimum atomic E-state index is -0.361. The Morgan fingerprint density at radius 1 is 0.903 bits per heavy atom. The highest BCUT2D eigenvalue weighted by molar-refractivity contribution is 8.04. The third-order valence-electron chi connectivity index (χ3n) is 5.06. The van der Waals surface area contributed by atoms with Gasteiger partial charge in [0.1, 0.15) is 5.75 Å². The van der Waals surface area contributed by atoms with Crippen molar-refractivity contribution >= 4 is 46.4 Å². The molecular weight excluding hydrogens is 430 g/mol. The van der Waals surface area contributed by atoms with E-state index in [0.717, 1.165) is 16.0 Å². The van der Waals surface area contributed by atoms with Crippen molar-refractivity contribution in [3.63, 3.8) is 0 Å². The summed E-state index contributed by atoms with van der Waals surface area (Å²) in [7, 11) is 1.55. The summed E-state index contributed by atoms with van der Waals surface area (Å²) in [5.41, 5.74) is 3.34. The number of hydrogen-bond acceptors (Lipinski definition) is 4. The fourth-order valence-corrected chi connectivity index (χ4v) is 4.60. The molecule has 6 heteroatoms. The second-order valence-electron chi connectivity index (χ2n) is 7.20. The first kappa shape index (κ1) is 21.2. The lowest BCUT2D eigenvalue weighted by atomic mass is 10.0. The Morgan fingerprint density at radius 3 is 2.32 bits per heavy atom. The molecule has 4 nitrogen and oxygen atoms in total. The van der Waals surface area contributed by atoms with E-state index in [-0.39, 0.29) is 11.8 Å². The van der Waals surface area contributed by atoms with Crippen LogP contribution in [0.1, 0.15) is 16.7 Å². The molecule has 156 valence electrons. The lowest BCUT2D eigenvalue weighted by molar-refractivity contribution is -0.119. The van der Waals surface area contributed by atoms with Crippen molar-refractivity contribution in [1.82, 2.24) is 0 Å². The summed E-state index contributed by atoms with van der Waals surface area (Å²) in [5.74, 6) is -0.171. The molecule has 0 bridgehead atoms. The van der Waals surface area contributed by atoms with Gasteiger partial charge in [-0.15, -0.1) is 0 Å². The van der Waals surface area contributed by atoms with E-state index in [1.54, 1.807) is 31.4 Å². The van der Waals surface area contributed by atoms with E-state index >= 15 is 0 Å². The Labute approximate surface area is 190 Å². The summed E-state index contributed by atoms with van der Waals surface area (Å²) in [4.78, 5) is 29.7. The monoisotopic (exact) mass is 449 g/mol. The van der Waals surface area contributed by atoms with Crippen molar-refractivity contribution in [3.8, 4) is 5.75 Å². The molecule has 3 aromatic rings. The lowest BCUT2D eigenvalue weighted by Gasteiger charge is -2.18. The van der Waals surface area contributed by atoms with Gasteiger partial charge in [-0.3, -0.25) is 9.59 Å². The number of amides is 2. The molecule has 0 unspecified atom stereocenters. The summed E-state index contributed by atoms with van der Waals surface area (Å²) in [6, 6.07) is 20.2. The number of anilines is 1. The second kappa shape index (κ2) is 8.61. The molecule has 0 N–H and O–H groups in total. The maximum absolute atomic E-state index is 13.7. The maximum Gasteiger partial charge on any atom is 0.272 e. The molecule has 0 aromatic heterocycles. The molecule has 0 saturated carbocycles. The number of thioether (sulfide) groups is 1. The highest BCUT2D eigenvalue weighted by Gasteiger charge is 2.42. The zero-order valence-corrected chi connectivity index (χ0v) is 18.9. The van der Waals surface area contributed by atoms with E-state index in [1.807, 2.05) is 56.3 Å². The van der Waals surface area contributed by atoms with Crippen molar-refractivity contribution in [2.75, 3.05) is 12.0 Å². The minimum Gasteiger partial charge on any atom is -0.496 e. The van der Waals surface area contributed by atoms with Crippen molar-refractivity contribution in [2.45, 2.75) is 18.7 Å². The van der Waals surface area contributed by atoms with Crippen LogP contribution in [0.5, 0.6) is 5.75 Å². The molecule has 1 aliphatic rings. The quantitative estimate of drug-likeness (QED) is 0.445. The lowest BCUT2D eigenvalue weighted by Crippen LogP contribution is -2.32. The number of nitrogens with zero attached hydrogens (tertiary/aromatic N) is 1. The van der Waals surface area contributed by atoms with Crippen molar-refractivity contribution < 1.29 is 14.3 Å². The largest absolute Gasteiger partial charge is 0.496 e. The van der Waals surface area contributed by atoms with Crippen LogP contribution in [0.2, 0.25) is 5.02 Å². The molecule has 31 heavy (non-hydrogen) atoms. The van der Waals surface area contributed by atoms with E-state index in [2.05, 4.69) is 0 Å². The Morgan fingerprint density at radius 2 is 1.61 bits per heavy atom. The van der Waals surface area contributed by atoms with E-state index < -0.39 is 0 Å². The molecule has 3 aromatic carbocycles. The maximum atomic E-state index is 13.7. The zero-order chi connectivity index (χ0) is 22.1. The number of rotatable bonds is 5. The standard InChI is InChI=1S/C25H20ClNO3S/c1-15-8-9-16(2)20(14-15)27-24(28)22(19-6-4-5-7-21(19)30-3)23(25(27)29)31-18-12-10-17(26)11-13-18/h4-14H,1-3H3. The SMILES string of the molecule is COc1ccccc1C1=C(Sc2ccc(Cl)cc2)C(=O)N(c2cc(C)ccc2C)C1=O. The first-order valence-electron chi connectivity index (χ1n) is 9.68. The number of hydrogen-bond donors (Lipinski definition) is 0. The number of benzene rings is 3. The van der Waals surface area contributed by atoms with Gasteiger partial charge in [0.25, 0.3) is 11.8 Å². The molecule has 0 spiro atoms. The predicted molar refractivity (Wildman–Crippen MR) is 126 cm³/mol. The van der Waals surface area contributed by atoms with Crippen LogP contribution in [0.3, 0.4) is 0 Å². The van der Waals surface area contributed by atoms with Gasteiger partial charge in [0.15, 0.2) is 0 Å². The van der Waals surface area contributed by atoms with Gasteiger partial charge < -0.3 is 4.74 Å². The van der Waals surface area contributed by atoms with Gasteiger partial charge in [0.2, 0.25) is 0 Å². The van der Waals surface area contributed by atoms with Gasteiger partial charge in [-0.2, -0.15) is 0 Å². The van der Waals surface area contributed by atoms with E-state index in [0.29, 0.717) is 32.5 Å². The molecule has 2 amide bonds. The summed E-state index contributed by atoms with van der Waals surface area (Å²) in [6.45, 7) is 3.83. The molecule has 0 aliphatic carbocycles. The van der Waals surface area contributed by atoms with E-state index in [4.69, 9.17) is 16.3 Å². The number of carbonyl (C=O) groups is 2. The van der Waals surface area contributed by atoms with Crippen LogP contribution in [0, 0.1) is 13.8 Å². The van der Waals surface area contributed by atoms with Gasteiger partial charge in [-0.1, -0.05) is 53.7 Å². The van der Waals surface area contributed by atoms with Crippen LogP contribution in [0.4, 0.5) is 5.69 Å². The van der Waals surface area contributed by atoms with Crippen molar-refractivity contribution in [1.29, 1.82) is 0 Å². The summed E-state index contributed by atoms with van der Waals surface area (Å²) >= 11 is 7.27. The first-order chi connectivity index (χ1) is 14.9. The third-order valence-corrected chi connectivity index (χ3v) is 6.40. The van der Waals surface area contributed by atoms with Crippen LogP contribution >= 0.6 is 23.4 Å². The van der Waals surface area contributed by atoms with Gasteiger partial charge in [-0.25, -0.2) is 4.90 Å². The molecule has 4 rings (SSSR count). The first-order valence-corrected chi connectivity index (χ1v) is 10.9. The fourth-order valence-electron chi connectivity index (χ4n) is 3.49. The van der Waals surface area contributed by atoms with Gasteiger partial charge in [-0.05, 0) is 61.4 Å².